The summed E-state index contributed by atoms with van der Waals surface area (Å²) in [5, 5.41) is 11.7. The van der Waals surface area contributed by atoms with Crippen LogP contribution in [0.1, 0.15) is 30.1 Å². The van der Waals surface area contributed by atoms with Crippen molar-refractivity contribution >= 4 is 33.2 Å². The maximum atomic E-state index is 12.1. The molecule has 1 fully saturated rings. The summed E-state index contributed by atoms with van der Waals surface area (Å²) in [5.41, 5.74) is 0.129. The SMILES string of the molecule is CC1(O)CCN(C(=O)c2csc(Br)c2)CC1. The molecule has 0 spiro atoms. The van der Waals surface area contributed by atoms with E-state index in [1.54, 1.807) is 0 Å². The summed E-state index contributed by atoms with van der Waals surface area (Å²) in [7, 11) is 0. The number of carbonyl (C=O) groups excluding carboxylic acids is 1. The van der Waals surface area contributed by atoms with Gasteiger partial charge in [0, 0.05) is 18.5 Å². The molecular formula is C11H14BrNO2S. The Kier molecular flexibility index (Phi) is 3.37. The minimum Gasteiger partial charge on any atom is -0.390 e. The highest BCUT2D eigenvalue weighted by molar-refractivity contribution is 9.11. The molecule has 0 aliphatic carbocycles. The lowest BCUT2D eigenvalue weighted by atomic mass is 9.93. The average Bonchev–Trinajstić information content (AvgIpc) is 2.64. The van der Waals surface area contributed by atoms with Crippen molar-refractivity contribution in [2.24, 2.45) is 0 Å². The molecular weight excluding hydrogens is 290 g/mol. The van der Waals surface area contributed by atoms with E-state index < -0.39 is 5.60 Å². The molecule has 88 valence electrons. The molecule has 0 radical (unpaired) electrons. The molecule has 1 saturated heterocycles. The van der Waals surface area contributed by atoms with Crippen molar-refractivity contribution in [2.75, 3.05) is 13.1 Å². The Morgan fingerprint density at radius 2 is 2.19 bits per heavy atom. The zero-order chi connectivity index (χ0) is 11.8. The minimum absolute atomic E-state index is 0.0671. The highest BCUT2D eigenvalue weighted by Gasteiger charge is 2.30. The van der Waals surface area contributed by atoms with Crippen LogP contribution < -0.4 is 0 Å². The molecule has 1 aromatic rings. The topological polar surface area (TPSA) is 40.5 Å². The first kappa shape index (κ1) is 12.1. The smallest absolute Gasteiger partial charge is 0.254 e. The number of halogens is 1. The molecule has 1 amide bonds. The zero-order valence-electron chi connectivity index (χ0n) is 9.07. The second kappa shape index (κ2) is 4.47. The molecule has 0 bridgehead atoms. The Morgan fingerprint density at radius 1 is 1.56 bits per heavy atom. The van der Waals surface area contributed by atoms with E-state index in [1.165, 1.54) is 11.3 Å². The maximum absolute atomic E-state index is 12.1. The average molecular weight is 304 g/mol. The minimum atomic E-state index is -0.605. The second-order valence-corrected chi connectivity index (χ2v) is 6.72. The number of likely N-dealkylation sites (tertiary alicyclic amines) is 1. The molecule has 16 heavy (non-hydrogen) atoms. The highest BCUT2D eigenvalue weighted by Crippen LogP contribution is 2.25. The van der Waals surface area contributed by atoms with Gasteiger partial charge in [-0.25, -0.2) is 0 Å². The number of aliphatic hydroxyl groups is 1. The fourth-order valence-corrected chi connectivity index (χ4v) is 2.93. The Morgan fingerprint density at radius 3 is 2.69 bits per heavy atom. The third kappa shape index (κ3) is 2.64. The van der Waals surface area contributed by atoms with E-state index in [1.807, 2.05) is 23.3 Å². The molecule has 1 aliphatic heterocycles. The summed E-state index contributed by atoms with van der Waals surface area (Å²) in [6.45, 7) is 3.11. The molecule has 2 rings (SSSR count). The van der Waals surface area contributed by atoms with Gasteiger partial charge in [-0.15, -0.1) is 11.3 Å². The van der Waals surface area contributed by atoms with Gasteiger partial charge in [0.15, 0.2) is 0 Å². The first-order chi connectivity index (χ1) is 7.48. The molecule has 0 unspecified atom stereocenters. The Labute approximate surface area is 107 Å². The van der Waals surface area contributed by atoms with Gasteiger partial charge in [0.1, 0.15) is 0 Å². The van der Waals surface area contributed by atoms with Gasteiger partial charge in [-0.2, -0.15) is 0 Å². The third-order valence-corrected chi connectivity index (χ3v) is 4.45. The standard InChI is InChI=1S/C11H14BrNO2S/c1-11(15)2-4-13(5-3-11)10(14)8-6-9(12)16-7-8/h6-7,15H,2-5H2,1H3. The number of rotatable bonds is 1. The van der Waals surface area contributed by atoms with Crippen LogP contribution in [0.15, 0.2) is 15.2 Å². The third-order valence-electron chi connectivity index (χ3n) is 2.94. The van der Waals surface area contributed by atoms with E-state index in [2.05, 4.69) is 15.9 Å². The Balaban J connectivity index is 2.02. The summed E-state index contributed by atoms with van der Waals surface area (Å²) < 4.78 is 0.972. The molecule has 1 aromatic heterocycles. The largest absolute Gasteiger partial charge is 0.390 e. The number of piperidine rings is 1. The molecule has 1 N–H and O–H groups in total. The van der Waals surface area contributed by atoms with Crippen LogP contribution in [-0.2, 0) is 0 Å². The Hall–Kier alpha value is -0.390. The van der Waals surface area contributed by atoms with E-state index >= 15 is 0 Å². The summed E-state index contributed by atoms with van der Waals surface area (Å²) in [4.78, 5) is 13.9. The number of hydrogen-bond acceptors (Lipinski definition) is 3. The molecule has 3 nitrogen and oxygen atoms in total. The van der Waals surface area contributed by atoms with Crippen molar-refractivity contribution in [1.29, 1.82) is 0 Å². The Bertz CT molecular complexity index is 392. The zero-order valence-corrected chi connectivity index (χ0v) is 11.5. The first-order valence-electron chi connectivity index (χ1n) is 5.24. The number of hydrogen-bond donors (Lipinski definition) is 1. The number of nitrogens with zero attached hydrogens (tertiary/aromatic N) is 1. The molecule has 0 saturated carbocycles. The van der Waals surface area contributed by atoms with Crippen LogP contribution in [0.4, 0.5) is 0 Å². The van der Waals surface area contributed by atoms with Crippen LogP contribution >= 0.6 is 27.3 Å². The van der Waals surface area contributed by atoms with Gasteiger partial charge in [-0.3, -0.25) is 4.79 Å². The lowest BCUT2D eigenvalue weighted by molar-refractivity contribution is -0.00200. The van der Waals surface area contributed by atoms with E-state index in [0.29, 0.717) is 25.9 Å². The van der Waals surface area contributed by atoms with Crippen molar-refractivity contribution in [1.82, 2.24) is 4.90 Å². The van der Waals surface area contributed by atoms with Gasteiger partial charge in [0.25, 0.3) is 5.91 Å². The van der Waals surface area contributed by atoms with Crippen LogP contribution in [-0.4, -0.2) is 34.6 Å². The van der Waals surface area contributed by atoms with Gasteiger partial charge in [0.05, 0.1) is 15.0 Å². The molecule has 2 heterocycles. The monoisotopic (exact) mass is 303 g/mol. The van der Waals surface area contributed by atoms with E-state index in [0.717, 1.165) is 9.35 Å². The van der Waals surface area contributed by atoms with Gasteiger partial charge in [0.2, 0.25) is 0 Å². The number of carbonyl (C=O) groups is 1. The van der Waals surface area contributed by atoms with Crippen LogP contribution in [0.3, 0.4) is 0 Å². The van der Waals surface area contributed by atoms with Crippen molar-refractivity contribution in [3.05, 3.63) is 20.8 Å². The first-order valence-corrected chi connectivity index (χ1v) is 6.91. The van der Waals surface area contributed by atoms with Gasteiger partial charge >= 0.3 is 0 Å². The van der Waals surface area contributed by atoms with Crippen molar-refractivity contribution in [3.63, 3.8) is 0 Å². The van der Waals surface area contributed by atoms with Crippen molar-refractivity contribution in [3.8, 4) is 0 Å². The predicted octanol–water partition coefficient (Wildman–Crippen LogP) is 2.50. The summed E-state index contributed by atoms with van der Waals surface area (Å²) in [6, 6.07) is 1.85. The van der Waals surface area contributed by atoms with E-state index in [9.17, 15) is 9.90 Å². The van der Waals surface area contributed by atoms with Crippen LogP contribution in [0.25, 0.3) is 0 Å². The van der Waals surface area contributed by atoms with E-state index in [4.69, 9.17) is 0 Å². The fourth-order valence-electron chi connectivity index (χ4n) is 1.80. The quantitative estimate of drug-likeness (QED) is 0.866. The van der Waals surface area contributed by atoms with Crippen molar-refractivity contribution in [2.45, 2.75) is 25.4 Å². The maximum Gasteiger partial charge on any atom is 0.254 e. The molecule has 5 heteroatoms. The summed E-state index contributed by atoms with van der Waals surface area (Å²) in [5.74, 6) is 0.0671. The second-order valence-electron chi connectivity index (χ2n) is 4.43. The lowest BCUT2D eigenvalue weighted by Crippen LogP contribution is -2.45. The molecule has 0 atom stereocenters. The number of thiophene rings is 1. The van der Waals surface area contributed by atoms with Crippen LogP contribution in [0, 0.1) is 0 Å². The lowest BCUT2D eigenvalue weighted by Gasteiger charge is -2.35. The van der Waals surface area contributed by atoms with Crippen molar-refractivity contribution < 1.29 is 9.90 Å². The van der Waals surface area contributed by atoms with E-state index in [-0.39, 0.29) is 5.91 Å². The summed E-state index contributed by atoms with van der Waals surface area (Å²) in [6.07, 6.45) is 1.31. The van der Waals surface area contributed by atoms with Gasteiger partial charge in [-0.05, 0) is 41.8 Å². The molecule has 0 aromatic carbocycles. The number of amides is 1. The highest BCUT2D eigenvalue weighted by atomic mass is 79.9. The van der Waals surface area contributed by atoms with Crippen LogP contribution in [0.5, 0.6) is 0 Å². The van der Waals surface area contributed by atoms with Gasteiger partial charge < -0.3 is 10.0 Å². The normalized spacial score (nSPS) is 19.8. The molecule has 1 aliphatic rings. The van der Waals surface area contributed by atoms with Crippen LogP contribution in [0.2, 0.25) is 0 Å². The predicted molar refractivity (Wildman–Crippen MR) is 67.8 cm³/mol. The fraction of sp³-hybridized carbons (Fsp3) is 0.545. The van der Waals surface area contributed by atoms with Gasteiger partial charge in [-0.1, -0.05) is 0 Å². The summed E-state index contributed by atoms with van der Waals surface area (Å²) >= 11 is 4.87.